The molecule has 0 aromatic heterocycles. The number of ether oxygens (including phenoxy) is 2. The Hall–Kier alpha value is -2.14. The zero-order valence-corrected chi connectivity index (χ0v) is 16.6. The van der Waals surface area contributed by atoms with Gasteiger partial charge < -0.3 is 14.4 Å². The number of hydrogen-bond donors (Lipinski definition) is 0. The van der Waals surface area contributed by atoms with E-state index in [-0.39, 0.29) is 11.2 Å². The Morgan fingerprint density at radius 3 is 2.50 bits per heavy atom. The summed E-state index contributed by atoms with van der Waals surface area (Å²) in [7, 11) is 3.31. The highest BCUT2D eigenvalue weighted by atomic mass is 32.2. The number of benzene rings is 2. The zero-order valence-electron chi connectivity index (χ0n) is 15.7. The van der Waals surface area contributed by atoms with Crippen molar-refractivity contribution in [3.63, 3.8) is 0 Å². The monoisotopic (exact) mass is 371 g/mol. The summed E-state index contributed by atoms with van der Waals surface area (Å²) < 4.78 is 10.8. The van der Waals surface area contributed by atoms with Gasteiger partial charge in [-0.05, 0) is 68.1 Å². The number of nitrogens with zero attached hydrogens (tertiary/aromatic N) is 1. The fourth-order valence-corrected chi connectivity index (χ4v) is 4.30. The lowest BCUT2D eigenvalue weighted by Crippen LogP contribution is -2.40. The number of aryl methyl sites for hydroxylation is 1. The van der Waals surface area contributed by atoms with Gasteiger partial charge in [0.2, 0.25) is 5.91 Å². The van der Waals surface area contributed by atoms with Crippen molar-refractivity contribution in [1.29, 1.82) is 0 Å². The number of carbonyl (C=O) groups excluding carboxylic acids is 1. The molecule has 138 valence electrons. The van der Waals surface area contributed by atoms with Crippen molar-refractivity contribution >= 4 is 23.4 Å². The van der Waals surface area contributed by atoms with Crippen LogP contribution in [0.25, 0.3) is 0 Å². The van der Waals surface area contributed by atoms with Gasteiger partial charge in [0.1, 0.15) is 11.5 Å². The number of amides is 1. The quantitative estimate of drug-likeness (QED) is 0.727. The van der Waals surface area contributed by atoms with E-state index in [1.54, 1.807) is 26.0 Å². The molecule has 4 nitrogen and oxygen atoms in total. The maximum Gasteiger partial charge on any atom is 0.240 e. The second kappa shape index (κ2) is 8.04. The molecule has 1 unspecified atom stereocenters. The largest absolute Gasteiger partial charge is 0.497 e. The number of hydrogen-bond acceptors (Lipinski definition) is 4. The fourth-order valence-electron chi connectivity index (χ4n) is 3.37. The normalized spacial score (nSPS) is 14.5. The molecule has 0 saturated heterocycles. The number of anilines is 1. The van der Waals surface area contributed by atoms with Crippen LogP contribution in [0, 0.1) is 6.92 Å². The highest BCUT2D eigenvalue weighted by Crippen LogP contribution is 2.39. The third-order valence-corrected chi connectivity index (χ3v) is 5.86. The van der Waals surface area contributed by atoms with Crippen molar-refractivity contribution in [1.82, 2.24) is 0 Å². The molecular formula is C21H25NO3S. The van der Waals surface area contributed by atoms with Gasteiger partial charge in [-0.15, -0.1) is 11.8 Å². The van der Waals surface area contributed by atoms with Gasteiger partial charge in [0.15, 0.2) is 0 Å². The van der Waals surface area contributed by atoms with Gasteiger partial charge in [-0.25, -0.2) is 0 Å². The molecule has 26 heavy (non-hydrogen) atoms. The van der Waals surface area contributed by atoms with Crippen LogP contribution >= 0.6 is 11.8 Å². The number of rotatable bonds is 5. The Kier molecular flexibility index (Phi) is 5.77. The summed E-state index contributed by atoms with van der Waals surface area (Å²) in [6.45, 7) is 4.80. The fraction of sp³-hybridized carbons (Fsp3) is 0.381. The van der Waals surface area contributed by atoms with E-state index in [2.05, 4.69) is 13.0 Å². The van der Waals surface area contributed by atoms with Crippen LogP contribution < -0.4 is 14.4 Å². The van der Waals surface area contributed by atoms with Crippen molar-refractivity contribution in [2.45, 2.75) is 36.8 Å². The zero-order chi connectivity index (χ0) is 18.7. The molecule has 3 rings (SSSR count). The Morgan fingerprint density at radius 1 is 1.12 bits per heavy atom. The third-order valence-electron chi connectivity index (χ3n) is 4.76. The average Bonchev–Trinajstić information content (AvgIpc) is 2.68. The predicted molar refractivity (Wildman–Crippen MR) is 107 cm³/mol. The summed E-state index contributed by atoms with van der Waals surface area (Å²) in [5, 5.41) is -0.181. The third kappa shape index (κ3) is 3.68. The molecular weight excluding hydrogens is 346 g/mol. The number of carbonyl (C=O) groups is 1. The molecule has 5 heteroatoms. The topological polar surface area (TPSA) is 38.8 Å². The second-order valence-corrected chi connectivity index (χ2v) is 7.86. The van der Waals surface area contributed by atoms with Gasteiger partial charge in [-0.1, -0.05) is 6.07 Å². The van der Waals surface area contributed by atoms with Crippen LogP contribution in [0.2, 0.25) is 0 Å². The SMILES string of the molecule is COc1ccc(SC(C)C(=O)N2CCCc3c(C)ccc(OC)c32)cc1. The van der Waals surface area contributed by atoms with Crippen molar-refractivity contribution in [3.05, 3.63) is 47.5 Å². The summed E-state index contributed by atoms with van der Waals surface area (Å²) in [5.41, 5.74) is 3.39. The standard InChI is InChI=1S/C21H25NO3S/c1-14-7-12-19(25-4)20-18(14)6-5-13-22(20)21(23)15(2)26-17-10-8-16(24-3)9-11-17/h7-12,15H,5-6,13H2,1-4H3. The molecule has 1 aliphatic heterocycles. The van der Waals surface area contributed by atoms with E-state index in [4.69, 9.17) is 9.47 Å². The average molecular weight is 372 g/mol. The van der Waals surface area contributed by atoms with Crippen molar-refractivity contribution in [2.75, 3.05) is 25.7 Å². The van der Waals surface area contributed by atoms with E-state index in [1.165, 1.54) is 11.1 Å². The summed E-state index contributed by atoms with van der Waals surface area (Å²) in [4.78, 5) is 16.2. The minimum Gasteiger partial charge on any atom is -0.497 e. The van der Waals surface area contributed by atoms with E-state index in [0.717, 1.165) is 41.5 Å². The first-order valence-corrected chi connectivity index (χ1v) is 9.71. The van der Waals surface area contributed by atoms with Crippen LogP contribution in [0.15, 0.2) is 41.3 Å². The molecule has 0 saturated carbocycles. The molecule has 1 aliphatic rings. The van der Waals surface area contributed by atoms with Gasteiger partial charge in [0, 0.05) is 11.4 Å². The molecule has 0 bridgehead atoms. The van der Waals surface area contributed by atoms with E-state index in [1.807, 2.05) is 42.2 Å². The van der Waals surface area contributed by atoms with Crippen LogP contribution in [-0.4, -0.2) is 31.9 Å². The maximum atomic E-state index is 13.2. The summed E-state index contributed by atoms with van der Waals surface area (Å²) in [5.74, 6) is 1.72. The first-order valence-electron chi connectivity index (χ1n) is 8.83. The molecule has 2 aromatic carbocycles. The van der Waals surface area contributed by atoms with Crippen LogP contribution in [0.5, 0.6) is 11.5 Å². The smallest absolute Gasteiger partial charge is 0.240 e. The Balaban J connectivity index is 1.83. The molecule has 2 aromatic rings. The number of fused-ring (bicyclic) bond motifs is 1. The van der Waals surface area contributed by atoms with Crippen molar-refractivity contribution < 1.29 is 14.3 Å². The molecule has 0 fully saturated rings. The first kappa shape index (κ1) is 18.6. The molecule has 1 atom stereocenters. The minimum absolute atomic E-state index is 0.121. The molecule has 0 aliphatic carbocycles. The van der Waals surface area contributed by atoms with Crippen LogP contribution in [-0.2, 0) is 11.2 Å². The van der Waals surface area contributed by atoms with Gasteiger partial charge in [0.05, 0.1) is 25.2 Å². The lowest BCUT2D eigenvalue weighted by Gasteiger charge is -2.33. The first-order chi connectivity index (χ1) is 12.5. The number of methoxy groups -OCH3 is 2. The van der Waals surface area contributed by atoms with Gasteiger partial charge in [-0.2, -0.15) is 0 Å². The molecule has 0 spiro atoms. The Labute approximate surface area is 159 Å². The van der Waals surface area contributed by atoms with Crippen LogP contribution in [0.3, 0.4) is 0 Å². The summed E-state index contributed by atoms with van der Waals surface area (Å²) in [6.07, 6.45) is 1.97. The van der Waals surface area contributed by atoms with Crippen LogP contribution in [0.4, 0.5) is 5.69 Å². The number of thioether (sulfide) groups is 1. The van der Waals surface area contributed by atoms with E-state index in [9.17, 15) is 4.79 Å². The predicted octanol–water partition coefficient (Wildman–Crippen LogP) is 4.47. The van der Waals surface area contributed by atoms with Gasteiger partial charge in [-0.3, -0.25) is 4.79 Å². The van der Waals surface area contributed by atoms with E-state index in [0.29, 0.717) is 0 Å². The minimum atomic E-state index is -0.181. The van der Waals surface area contributed by atoms with Crippen molar-refractivity contribution in [2.24, 2.45) is 0 Å². The maximum absolute atomic E-state index is 13.2. The van der Waals surface area contributed by atoms with Gasteiger partial charge >= 0.3 is 0 Å². The Morgan fingerprint density at radius 2 is 1.85 bits per heavy atom. The summed E-state index contributed by atoms with van der Waals surface area (Å²) >= 11 is 1.57. The van der Waals surface area contributed by atoms with Crippen LogP contribution in [0.1, 0.15) is 24.5 Å². The Bertz CT molecular complexity index is 789. The molecule has 1 amide bonds. The van der Waals surface area contributed by atoms with E-state index >= 15 is 0 Å². The highest BCUT2D eigenvalue weighted by Gasteiger charge is 2.30. The van der Waals surface area contributed by atoms with E-state index < -0.39 is 0 Å². The molecule has 0 N–H and O–H groups in total. The lowest BCUT2D eigenvalue weighted by atomic mass is 9.96. The van der Waals surface area contributed by atoms with Gasteiger partial charge in [0.25, 0.3) is 0 Å². The highest BCUT2D eigenvalue weighted by molar-refractivity contribution is 8.00. The lowest BCUT2D eigenvalue weighted by molar-refractivity contribution is -0.117. The van der Waals surface area contributed by atoms with Crippen molar-refractivity contribution in [3.8, 4) is 11.5 Å². The molecule has 0 radical (unpaired) electrons. The second-order valence-electron chi connectivity index (χ2n) is 6.44. The molecule has 1 heterocycles. The summed E-state index contributed by atoms with van der Waals surface area (Å²) in [6, 6.07) is 11.8.